The highest BCUT2D eigenvalue weighted by atomic mass is 16.3. The second kappa shape index (κ2) is 6.50. The molecule has 4 heteroatoms. The third-order valence-electron chi connectivity index (χ3n) is 2.22. The van der Waals surface area contributed by atoms with Crippen molar-refractivity contribution < 1.29 is 5.11 Å². The zero-order chi connectivity index (χ0) is 11.1. The lowest BCUT2D eigenvalue weighted by molar-refractivity contribution is 0.117. The predicted octanol–water partition coefficient (Wildman–Crippen LogP) is 0.223. The van der Waals surface area contributed by atoms with E-state index in [0.29, 0.717) is 19.5 Å². The van der Waals surface area contributed by atoms with Crippen molar-refractivity contribution in [2.45, 2.75) is 19.1 Å². The van der Waals surface area contributed by atoms with E-state index < -0.39 is 0 Å². The van der Waals surface area contributed by atoms with Crippen LogP contribution < -0.4 is 5.73 Å². The van der Waals surface area contributed by atoms with Gasteiger partial charge in [0.25, 0.3) is 0 Å². The van der Waals surface area contributed by atoms with Crippen LogP contribution in [0.2, 0.25) is 0 Å². The van der Waals surface area contributed by atoms with Crippen LogP contribution in [-0.4, -0.2) is 41.2 Å². The Balaban J connectivity index is 2.33. The molecule has 1 rings (SSSR count). The second-order valence-electron chi connectivity index (χ2n) is 3.78. The Morgan fingerprint density at radius 2 is 2.13 bits per heavy atom. The molecule has 1 heterocycles. The van der Waals surface area contributed by atoms with Gasteiger partial charge in [0.1, 0.15) is 0 Å². The maximum atomic E-state index is 9.56. The summed E-state index contributed by atoms with van der Waals surface area (Å²) in [5, 5.41) is 9.56. The molecule has 0 saturated heterocycles. The van der Waals surface area contributed by atoms with Gasteiger partial charge in [-0.2, -0.15) is 0 Å². The maximum absolute atomic E-state index is 9.56. The SMILES string of the molecule is CN(Cc1ccncc1)CC(O)CCN. The molecule has 1 unspecified atom stereocenters. The molecule has 4 nitrogen and oxygen atoms in total. The largest absolute Gasteiger partial charge is 0.392 e. The number of aliphatic hydroxyl groups excluding tert-OH is 1. The van der Waals surface area contributed by atoms with Gasteiger partial charge < -0.3 is 10.8 Å². The molecule has 0 radical (unpaired) electrons. The van der Waals surface area contributed by atoms with Gasteiger partial charge in [-0.05, 0) is 37.7 Å². The Morgan fingerprint density at radius 1 is 1.47 bits per heavy atom. The van der Waals surface area contributed by atoms with Crippen molar-refractivity contribution in [1.82, 2.24) is 9.88 Å². The number of aromatic nitrogens is 1. The number of nitrogens with zero attached hydrogens (tertiary/aromatic N) is 2. The highest BCUT2D eigenvalue weighted by Crippen LogP contribution is 2.02. The lowest BCUT2D eigenvalue weighted by Crippen LogP contribution is -2.30. The summed E-state index contributed by atoms with van der Waals surface area (Å²) in [4.78, 5) is 6.04. The first-order valence-corrected chi connectivity index (χ1v) is 5.18. The van der Waals surface area contributed by atoms with Gasteiger partial charge in [0.05, 0.1) is 6.10 Å². The molecule has 0 aliphatic rings. The highest BCUT2D eigenvalue weighted by Gasteiger charge is 2.07. The number of likely N-dealkylation sites (N-methyl/N-ethyl adjacent to an activating group) is 1. The van der Waals surface area contributed by atoms with Crippen molar-refractivity contribution in [3.05, 3.63) is 30.1 Å². The van der Waals surface area contributed by atoms with E-state index in [0.717, 1.165) is 6.54 Å². The second-order valence-corrected chi connectivity index (χ2v) is 3.78. The Kier molecular flexibility index (Phi) is 5.25. The minimum absolute atomic E-state index is 0.332. The van der Waals surface area contributed by atoms with Crippen LogP contribution in [0.1, 0.15) is 12.0 Å². The van der Waals surface area contributed by atoms with Gasteiger partial charge in [0, 0.05) is 25.5 Å². The minimum Gasteiger partial charge on any atom is -0.392 e. The highest BCUT2D eigenvalue weighted by molar-refractivity contribution is 5.09. The molecule has 0 spiro atoms. The first-order chi connectivity index (χ1) is 7.22. The van der Waals surface area contributed by atoms with Gasteiger partial charge in [-0.15, -0.1) is 0 Å². The molecular formula is C11H19N3O. The smallest absolute Gasteiger partial charge is 0.0679 e. The molecule has 1 aromatic heterocycles. The van der Waals surface area contributed by atoms with Crippen LogP contribution in [0, 0.1) is 0 Å². The Bertz CT molecular complexity index is 266. The van der Waals surface area contributed by atoms with E-state index in [4.69, 9.17) is 5.73 Å². The van der Waals surface area contributed by atoms with Crippen LogP contribution in [0.5, 0.6) is 0 Å². The number of aliphatic hydroxyl groups is 1. The molecule has 84 valence electrons. The van der Waals surface area contributed by atoms with Gasteiger partial charge in [-0.25, -0.2) is 0 Å². The van der Waals surface area contributed by atoms with Crippen molar-refractivity contribution in [3.63, 3.8) is 0 Å². The summed E-state index contributed by atoms with van der Waals surface area (Å²) in [6.07, 6.45) is 3.88. The summed E-state index contributed by atoms with van der Waals surface area (Å²) in [5.41, 5.74) is 6.57. The van der Waals surface area contributed by atoms with E-state index in [1.54, 1.807) is 12.4 Å². The van der Waals surface area contributed by atoms with E-state index in [1.807, 2.05) is 19.2 Å². The van der Waals surface area contributed by atoms with Crippen LogP contribution in [0.3, 0.4) is 0 Å². The molecule has 3 N–H and O–H groups in total. The quantitative estimate of drug-likeness (QED) is 0.703. The normalized spacial score (nSPS) is 13.1. The number of hydrogen-bond acceptors (Lipinski definition) is 4. The molecule has 0 fully saturated rings. The molecule has 0 aliphatic carbocycles. The van der Waals surface area contributed by atoms with E-state index in [9.17, 15) is 5.11 Å². The maximum Gasteiger partial charge on any atom is 0.0679 e. The summed E-state index contributed by atoms with van der Waals surface area (Å²) in [6.45, 7) is 2.01. The number of pyridine rings is 1. The molecule has 0 amide bonds. The topological polar surface area (TPSA) is 62.4 Å². The van der Waals surface area contributed by atoms with Crippen molar-refractivity contribution in [2.24, 2.45) is 5.73 Å². The summed E-state index contributed by atoms with van der Waals surface area (Å²) >= 11 is 0. The number of rotatable bonds is 6. The monoisotopic (exact) mass is 209 g/mol. The van der Waals surface area contributed by atoms with E-state index >= 15 is 0 Å². The molecule has 0 bridgehead atoms. The average Bonchev–Trinajstić information content (AvgIpc) is 2.19. The fourth-order valence-corrected chi connectivity index (χ4v) is 1.51. The van der Waals surface area contributed by atoms with Gasteiger partial charge in [0.2, 0.25) is 0 Å². The summed E-state index contributed by atoms with van der Waals surface area (Å²) < 4.78 is 0. The van der Waals surface area contributed by atoms with Crippen LogP contribution in [0.15, 0.2) is 24.5 Å². The van der Waals surface area contributed by atoms with Crippen LogP contribution >= 0.6 is 0 Å². The number of nitrogens with two attached hydrogens (primary N) is 1. The Labute approximate surface area is 90.7 Å². The standard InChI is InChI=1S/C11H19N3O/c1-14(9-11(15)2-5-12)8-10-3-6-13-7-4-10/h3-4,6-7,11,15H,2,5,8-9,12H2,1H3. The lowest BCUT2D eigenvalue weighted by Gasteiger charge is -2.20. The summed E-state index contributed by atoms with van der Waals surface area (Å²) in [6, 6.07) is 3.96. The molecule has 0 aromatic carbocycles. The molecular weight excluding hydrogens is 190 g/mol. The van der Waals surface area contributed by atoms with Crippen molar-refractivity contribution in [1.29, 1.82) is 0 Å². The first-order valence-electron chi connectivity index (χ1n) is 5.18. The van der Waals surface area contributed by atoms with E-state index in [1.165, 1.54) is 5.56 Å². The third-order valence-corrected chi connectivity index (χ3v) is 2.22. The zero-order valence-electron chi connectivity index (χ0n) is 9.13. The van der Waals surface area contributed by atoms with Gasteiger partial charge in [-0.3, -0.25) is 9.88 Å². The molecule has 1 aromatic rings. The minimum atomic E-state index is -0.332. The summed E-state index contributed by atoms with van der Waals surface area (Å²) in [5.74, 6) is 0. The molecule has 0 saturated carbocycles. The fourth-order valence-electron chi connectivity index (χ4n) is 1.51. The van der Waals surface area contributed by atoms with Crippen molar-refractivity contribution in [3.8, 4) is 0 Å². The van der Waals surface area contributed by atoms with Crippen LogP contribution in [0.4, 0.5) is 0 Å². The van der Waals surface area contributed by atoms with Crippen molar-refractivity contribution >= 4 is 0 Å². The van der Waals surface area contributed by atoms with Crippen LogP contribution in [0.25, 0.3) is 0 Å². The summed E-state index contributed by atoms with van der Waals surface area (Å²) in [7, 11) is 1.99. The molecule has 1 atom stereocenters. The zero-order valence-corrected chi connectivity index (χ0v) is 9.13. The molecule has 0 aliphatic heterocycles. The Hall–Kier alpha value is -0.970. The van der Waals surface area contributed by atoms with Crippen LogP contribution in [-0.2, 0) is 6.54 Å². The van der Waals surface area contributed by atoms with Gasteiger partial charge in [0.15, 0.2) is 0 Å². The van der Waals surface area contributed by atoms with Gasteiger partial charge >= 0.3 is 0 Å². The lowest BCUT2D eigenvalue weighted by atomic mass is 10.2. The predicted molar refractivity (Wildman–Crippen MR) is 60.2 cm³/mol. The first kappa shape index (κ1) is 12.1. The number of hydrogen-bond donors (Lipinski definition) is 2. The Morgan fingerprint density at radius 3 is 2.73 bits per heavy atom. The third kappa shape index (κ3) is 4.88. The van der Waals surface area contributed by atoms with Crippen molar-refractivity contribution in [2.75, 3.05) is 20.1 Å². The average molecular weight is 209 g/mol. The van der Waals surface area contributed by atoms with Gasteiger partial charge in [-0.1, -0.05) is 0 Å². The molecule has 15 heavy (non-hydrogen) atoms. The van der Waals surface area contributed by atoms with E-state index in [-0.39, 0.29) is 6.10 Å². The van der Waals surface area contributed by atoms with E-state index in [2.05, 4.69) is 9.88 Å². The fraction of sp³-hybridized carbons (Fsp3) is 0.545.